The molecule has 9 heteroatoms. The molecular weight excluding hydrogens is 516 g/mol. The molecule has 0 bridgehead atoms. The molecule has 0 saturated carbocycles. The quantitative estimate of drug-likeness (QED) is 0.428. The topological polar surface area (TPSA) is 96.5 Å². The summed E-state index contributed by atoms with van der Waals surface area (Å²) in [5.41, 5.74) is 7.67. The number of aryl methyl sites for hydroxylation is 2. The predicted molar refractivity (Wildman–Crippen MR) is 149 cm³/mol. The Labute approximate surface area is 233 Å². The van der Waals surface area contributed by atoms with Crippen molar-refractivity contribution in [3.05, 3.63) is 58.0 Å². The summed E-state index contributed by atoms with van der Waals surface area (Å²) in [5, 5.41) is 3.44. The van der Waals surface area contributed by atoms with Gasteiger partial charge in [-0.05, 0) is 79.5 Å². The molecule has 3 aliphatic rings. The first kappa shape index (κ1) is 25.7. The van der Waals surface area contributed by atoms with E-state index in [0.717, 1.165) is 70.9 Å². The van der Waals surface area contributed by atoms with Crippen LogP contribution in [-0.2, 0) is 29.0 Å². The number of nitrogens with zero attached hydrogens (tertiary/aromatic N) is 2. The zero-order valence-electron chi connectivity index (χ0n) is 22.6. The zero-order chi connectivity index (χ0) is 27.4. The minimum absolute atomic E-state index is 0.0339. The largest absolute Gasteiger partial charge is 0.488 e. The summed E-state index contributed by atoms with van der Waals surface area (Å²) >= 11 is 6.22. The van der Waals surface area contributed by atoms with E-state index < -0.39 is 12.1 Å². The summed E-state index contributed by atoms with van der Waals surface area (Å²) in [4.78, 5) is 36.3. The molecule has 2 amide bonds. The van der Waals surface area contributed by atoms with E-state index in [9.17, 15) is 9.59 Å². The number of imidazole rings is 1. The predicted octanol–water partition coefficient (Wildman–Crippen LogP) is 5.82. The normalized spacial score (nSPS) is 19.9. The molecule has 1 unspecified atom stereocenters. The van der Waals surface area contributed by atoms with Crippen molar-refractivity contribution in [3.63, 3.8) is 0 Å². The number of aromatic amines is 1. The van der Waals surface area contributed by atoms with Gasteiger partial charge in [-0.2, -0.15) is 0 Å². The van der Waals surface area contributed by atoms with Crippen LogP contribution in [0.1, 0.15) is 62.3 Å². The summed E-state index contributed by atoms with van der Waals surface area (Å²) < 4.78 is 10.9. The van der Waals surface area contributed by atoms with Gasteiger partial charge >= 0.3 is 6.09 Å². The lowest BCUT2D eigenvalue weighted by Crippen LogP contribution is -2.52. The Morgan fingerprint density at radius 2 is 1.95 bits per heavy atom. The SMILES string of the molecule is COC(=O)NC(C(=O)N1[C@@H](C)CC[C@H]1c1nc2c([nH]1)CCc1cc3c(cc1-2)OCc1cc(Cl)ccc1-3)C(C)C. The van der Waals surface area contributed by atoms with Crippen molar-refractivity contribution in [2.45, 2.75) is 71.2 Å². The first-order valence-corrected chi connectivity index (χ1v) is 14.0. The summed E-state index contributed by atoms with van der Waals surface area (Å²) in [5.74, 6) is 1.45. The van der Waals surface area contributed by atoms with Crippen molar-refractivity contribution in [3.8, 4) is 28.1 Å². The van der Waals surface area contributed by atoms with Crippen LogP contribution >= 0.6 is 11.6 Å². The molecule has 2 N–H and O–H groups in total. The molecule has 1 aromatic heterocycles. The van der Waals surface area contributed by atoms with Crippen LogP contribution in [0.25, 0.3) is 22.4 Å². The highest BCUT2D eigenvalue weighted by atomic mass is 35.5. The Balaban J connectivity index is 1.33. The number of ether oxygens (including phenoxy) is 2. The van der Waals surface area contributed by atoms with Crippen LogP contribution in [0.3, 0.4) is 0 Å². The van der Waals surface area contributed by atoms with E-state index >= 15 is 0 Å². The number of H-pyrrole nitrogens is 1. The second-order valence-electron chi connectivity index (χ2n) is 11.1. The minimum Gasteiger partial charge on any atom is -0.488 e. The van der Waals surface area contributed by atoms with Crippen LogP contribution in [-0.4, -0.2) is 46.1 Å². The number of carbonyl (C=O) groups excluding carboxylic acids is 2. The van der Waals surface area contributed by atoms with E-state index in [4.69, 9.17) is 26.1 Å². The van der Waals surface area contributed by atoms with Crippen molar-refractivity contribution in [2.75, 3.05) is 7.11 Å². The smallest absolute Gasteiger partial charge is 0.407 e. The third-order valence-electron chi connectivity index (χ3n) is 8.27. The highest BCUT2D eigenvalue weighted by Crippen LogP contribution is 2.45. The van der Waals surface area contributed by atoms with E-state index in [1.54, 1.807) is 0 Å². The number of benzene rings is 2. The molecule has 0 spiro atoms. The number of rotatable bonds is 4. The van der Waals surface area contributed by atoms with E-state index in [1.807, 2.05) is 30.9 Å². The molecule has 1 saturated heterocycles. The van der Waals surface area contributed by atoms with E-state index in [2.05, 4.69) is 35.4 Å². The summed E-state index contributed by atoms with van der Waals surface area (Å²) in [7, 11) is 1.31. The van der Waals surface area contributed by atoms with Gasteiger partial charge in [0.05, 0.1) is 18.8 Å². The number of hydrogen-bond acceptors (Lipinski definition) is 5. The van der Waals surface area contributed by atoms with E-state index in [0.29, 0.717) is 11.6 Å². The Bertz CT molecular complexity index is 1470. The van der Waals surface area contributed by atoms with Gasteiger partial charge in [-0.3, -0.25) is 4.79 Å². The van der Waals surface area contributed by atoms with Gasteiger partial charge in [-0.15, -0.1) is 0 Å². The van der Waals surface area contributed by atoms with Gasteiger partial charge in [0.25, 0.3) is 0 Å². The number of fused-ring (bicyclic) bond motifs is 6. The fourth-order valence-electron chi connectivity index (χ4n) is 6.22. The monoisotopic (exact) mass is 548 g/mol. The molecule has 3 heterocycles. The molecular formula is C30H33ClN4O4. The van der Waals surface area contributed by atoms with Gasteiger partial charge in [0.1, 0.15) is 24.2 Å². The Morgan fingerprint density at radius 3 is 2.72 bits per heavy atom. The van der Waals surface area contributed by atoms with Crippen molar-refractivity contribution in [1.29, 1.82) is 0 Å². The number of carbonyl (C=O) groups is 2. The minimum atomic E-state index is -0.674. The van der Waals surface area contributed by atoms with Crippen LogP contribution in [0.5, 0.6) is 5.75 Å². The second kappa shape index (κ2) is 9.90. The van der Waals surface area contributed by atoms with Crippen LogP contribution in [0.15, 0.2) is 30.3 Å². The van der Waals surface area contributed by atoms with Crippen LogP contribution < -0.4 is 10.1 Å². The fourth-order valence-corrected chi connectivity index (χ4v) is 6.41. The van der Waals surface area contributed by atoms with E-state index in [-0.39, 0.29) is 23.9 Å². The third kappa shape index (κ3) is 4.44. The lowest BCUT2D eigenvalue weighted by molar-refractivity contribution is -0.137. The van der Waals surface area contributed by atoms with Gasteiger partial charge in [0.2, 0.25) is 5.91 Å². The Hall–Kier alpha value is -3.52. The number of aromatic nitrogens is 2. The van der Waals surface area contributed by atoms with Gasteiger partial charge in [-0.25, -0.2) is 9.78 Å². The highest BCUT2D eigenvalue weighted by Gasteiger charge is 2.41. The molecule has 3 atom stereocenters. The number of likely N-dealkylation sites (tertiary alicyclic amines) is 1. The molecule has 39 heavy (non-hydrogen) atoms. The highest BCUT2D eigenvalue weighted by molar-refractivity contribution is 6.30. The van der Waals surface area contributed by atoms with Crippen molar-refractivity contribution >= 4 is 23.6 Å². The number of hydrogen-bond donors (Lipinski definition) is 2. The number of amides is 2. The number of halogens is 1. The van der Waals surface area contributed by atoms with Gasteiger partial charge < -0.3 is 24.7 Å². The lowest BCUT2D eigenvalue weighted by atomic mass is 9.87. The maximum absolute atomic E-state index is 13.7. The number of methoxy groups -OCH3 is 1. The average molecular weight is 549 g/mol. The standard InChI is InChI=1S/C30H33ClN4O4/c1-15(2)26(34-30(37)38-4)29(36)35-16(3)5-10-24(35)28-32-23-9-6-17-12-22-20-8-7-19(31)11-18(20)14-39-25(22)13-21(17)27(23)33-28/h7-8,11-13,15-16,24,26H,5-6,9-10,14H2,1-4H3,(H,32,33)(H,34,37)/t16-,24-,26?/m0/s1. The molecule has 2 aliphatic heterocycles. The molecule has 2 aromatic carbocycles. The average Bonchev–Trinajstić information content (AvgIpc) is 3.53. The molecule has 8 nitrogen and oxygen atoms in total. The summed E-state index contributed by atoms with van der Waals surface area (Å²) in [6.07, 6.45) is 2.81. The molecule has 6 rings (SSSR count). The van der Waals surface area contributed by atoms with Gasteiger partial charge in [0.15, 0.2) is 0 Å². The fraction of sp³-hybridized carbons (Fsp3) is 0.433. The molecule has 0 radical (unpaired) electrons. The maximum Gasteiger partial charge on any atom is 0.407 e. The first-order chi connectivity index (χ1) is 18.7. The Morgan fingerprint density at radius 1 is 1.13 bits per heavy atom. The van der Waals surface area contributed by atoms with Gasteiger partial charge in [-0.1, -0.05) is 31.5 Å². The molecule has 3 aromatic rings. The second-order valence-corrected chi connectivity index (χ2v) is 11.5. The van der Waals surface area contributed by atoms with Crippen LogP contribution in [0.4, 0.5) is 4.79 Å². The maximum atomic E-state index is 13.7. The third-order valence-corrected chi connectivity index (χ3v) is 8.51. The molecule has 204 valence electrons. The van der Waals surface area contributed by atoms with Gasteiger partial charge in [0, 0.05) is 27.9 Å². The van der Waals surface area contributed by atoms with Crippen molar-refractivity contribution in [1.82, 2.24) is 20.2 Å². The number of alkyl carbamates (subject to hydrolysis) is 1. The van der Waals surface area contributed by atoms with Crippen molar-refractivity contribution < 1.29 is 19.1 Å². The van der Waals surface area contributed by atoms with Crippen LogP contribution in [0.2, 0.25) is 5.02 Å². The number of nitrogens with one attached hydrogen (secondary N) is 2. The lowest BCUT2D eigenvalue weighted by Gasteiger charge is -2.32. The Kier molecular flexibility index (Phi) is 6.53. The van der Waals surface area contributed by atoms with E-state index in [1.165, 1.54) is 12.7 Å². The first-order valence-electron chi connectivity index (χ1n) is 13.6. The zero-order valence-corrected chi connectivity index (χ0v) is 23.4. The molecule has 1 fully saturated rings. The molecule has 1 aliphatic carbocycles. The van der Waals surface area contributed by atoms with Crippen LogP contribution in [0, 0.1) is 5.92 Å². The van der Waals surface area contributed by atoms with Crippen molar-refractivity contribution in [2.24, 2.45) is 5.92 Å². The summed E-state index contributed by atoms with van der Waals surface area (Å²) in [6, 6.07) is 9.47. The summed E-state index contributed by atoms with van der Waals surface area (Å²) in [6.45, 7) is 6.38.